The Balaban J connectivity index is 2.44. The normalized spacial score (nSPS) is 23.4. The van der Waals surface area contributed by atoms with E-state index in [1.54, 1.807) is 0 Å². The Morgan fingerprint density at radius 1 is 1.14 bits per heavy atom. The van der Waals surface area contributed by atoms with E-state index in [1.165, 1.54) is 4.31 Å². The van der Waals surface area contributed by atoms with Crippen LogP contribution in [-0.2, 0) is 15.0 Å². The lowest BCUT2D eigenvalue weighted by molar-refractivity contribution is -0.143. The van der Waals surface area contributed by atoms with E-state index in [0.717, 1.165) is 25.7 Å². The molecule has 0 radical (unpaired) electrons. The van der Waals surface area contributed by atoms with Crippen molar-refractivity contribution in [3.8, 4) is 0 Å². The third-order valence-electron chi connectivity index (χ3n) is 4.04. The van der Waals surface area contributed by atoms with Gasteiger partial charge in [0.1, 0.15) is 0 Å². The maximum absolute atomic E-state index is 12.2. The summed E-state index contributed by atoms with van der Waals surface area (Å²) < 4.78 is 28.7. The molecule has 1 aliphatic rings. The molecular weight excluding hydrogens is 292 g/mol. The number of nitrogens with one attached hydrogen (secondary N) is 1. The highest BCUT2D eigenvalue weighted by molar-refractivity contribution is 7.87. The van der Waals surface area contributed by atoms with Gasteiger partial charge in [-0.05, 0) is 44.4 Å². The molecular formula is C14H28N2O4S. The van der Waals surface area contributed by atoms with Gasteiger partial charge in [-0.15, -0.1) is 0 Å². The highest BCUT2D eigenvalue weighted by Gasteiger charge is 2.27. The predicted octanol–water partition coefficient (Wildman–Crippen LogP) is 1.83. The summed E-state index contributed by atoms with van der Waals surface area (Å²) in [6.07, 6.45) is 4.45. The molecule has 0 spiro atoms. The number of rotatable bonds is 9. The quantitative estimate of drug-likeness (QED) is 0.678. The van der Waals surface area contributed by atoms with E-state index in [0.29, 0.717) is 32.5 Å². The van der Waals surface area contributed by atoms with Crippen LogP contribution in [0.2, 0.25) is 0 Å². The van der Waals surface area contributed by atoms with Crippen LogP contribution in [0, 0.1) is 11.8 Å². The molecule has 21 heavy (non-hydrogen) atoms. The fraction of sp³-hybridized carbons (Fsp3) is 0.929. The van der Waals surface area contributed by atoms with Crippen LogP contribution in [0.5, 0.6) is 0 Å². The molecule has 7 heteroatoms. The minimum Gasteiger partial charge on any atom is -0.481 e. The molecule has 0 aliphatic heterocycles. The van der Waals surface area contributed by atoms with Crippen molar-refractivity contribution in [1.82, 2.24) is 9.03 Å². The topological polar surface area (TPSA) is 86.7 Å². The van der Waals surface area contributed by atoms with Crippen molar-refractivity contribution in [2.75, 3.05) is 19.6 Å². The molecule has 0 unspecified atom stereocenters. The third-order valence-corrected chi connectivity index (χ3v) is 5.61. The SMILES string of the molecule is CCCN(CCC)S(=O)(=O)NCC1CCC(C(=O)O)CC1. The van der Waals surface area contributed by atoms with Gasteiger partial charge in [-0.25, -0.2) is 4.72 Å². The van der Waals surface area contributed by atoms with Crippen LogP contribution >= 0.6 is 0 Å². The van der Waals surface area contributed by atoms with Crippen molar-refractivity contribution >= 4 is 16.2 Å². The van der Waals surface area contributed by atoms with E-state index in [-0.39, 0.29) is 11.8 Å². The smallest absolute Gasteiger partial charge is 0.306 e. The third kappa shape index (κ3) is 5.92. The Hall–Kier alpha value is -0.660. The van der Waals surface area contributed by atoms with Crippen molar-refractivity contribution in [3.05, 3.63) is 0 Å². The van der Waals surface area contributed by atoms with Gasteiger partial charge in [0.05, 0.1) is 5.92 Å². The lowest BCUT2D eigenvalue weighted by Crippen LogP contribution is -2.43. The van der Waals surface area contributed by atoms with Crippen molar-refractivity contribution in [3.63, 3.8) is 0 Å². The number of carboxylic acid groups (broad SMARTS) is 1. The van der Waals surface area contributed by atoms with E-state index in [9.17, 15) is 13.2 Å². The maximum atomic E-state index is 12.2. The first-order valence-corrected chi connectivity index (χ1v) is 9.32. The van der Waals surface area contributed by atoms with Crippen molar-refractivity contribution in [2.45, 2.75) is 52.4 Å². The second-order valence-electron chi connectivity index (χ2n) is 5.81. The summed E-state index contributed by atoms with van der Waals surface area (Å²) in [5.41, 5.74) is 0. The second kappa shape index (κ2) is 8.70. The van der Waals surface area contributed by atoms with E-state index >= 15 is 0 Å². The van der Waals surface area contributed by atoms with Crippen LogP contribution in [0.25, 0.3) is 0 Å². The predicted molar refractivity (Wildman–Crippen MR) is 82.2 cm³/mol. The van der Waals surface area contributed by atoms with Gasteiger partial charge in [-0.2, -0.15) is 12.7 Å². The van der Waals surface area contributed by atoms with Gasteiger partial charge in [0.2, 0.25) is 0 Å². The molecule has 6 nitrogen and oxygen atoms in total. The molecule has 1 saturated carbocycles. The van der Waals surface area contributed by atoms with Crippen molar-refractivity contribution in [1.29, 1.82) is 0 Å². The van der Waals surface area contributed by atoms with Crippen molar-refractivity contribution < 1.29 is 18.3 Å². The van der Waals surface area contributed by atoms with Crippen LogP contribution in [0.4, 0.5) is 0 Å². The maximum Gasteiger partial charge on any atom is 0.306 e. The molecule has 124 valence electrons. The van der Waals surface area contributed by atoms with E-state index < -0.39 is 16.2 Å². The Bertz CT molecular complexity index is 411. The molecule has 1 aliphatic carbocycles. The number of aliphatic carboxylic acids is 1. The molecule has 0 aromatic heterocycles. The lowest BCUT2D eigenvalue weighted by Gasteiger charge is -2.27. The van der Waals surface area contributed by atoms with Gasteiger partial charge in [-0.1, -0.05) is 13.8 Å². The zero-order chi connectivity index (χ0) is 15.9. The van der Waals surface area contributed by atoms with Gasteiger partial charge in [0.25, 0.3) is 10.2 Å². The largest absolute Gasteiger partial charge is 0.481 e. The fourth-order valence-electron chi connectivity index (χ4n) is 2.78. The lowest BCUT2D eigenvalue weighted by atomic mass is 9.82. The molecule has 0 heterocycles. The van der Waals surface area contributed by atoms with Gasteiger partial charge in [0, 0.05) is 19.6 Å². The summed E-state index contributed by atoms with van der Waals surface area (Å²) in [6.45, 7) is 5.42. The first-order chi connectivity index (χ1) is 9.90. The Labute approximate surface area is 128 Å². The van der Waals surface area contributed by atoms with Crippen LogP contribution in [0.3, 0.4) is 0 Å². The number of hydrogen-bond donors (Lipinski definition) is 2. The zero-order valence-electron chi connectivity index (χ0n) is 13.0. The van der Waals surface area contributed by atoms with Crippen LogP contribution in [-0.4, -0.2) is 43.4 Å². The monoisotopic (exact) mass is 320 g/mol. The van der Waals surface area contributed by atoms with E-state index in [2.05, 4.69) is 4.72 Å². The summed E-state index contributed by atoms with van der Waals surface area (Å²) in [5.74, 6) is -0.735. The summed E-state index contributed by atoms with van der Waals surface area (Å²) >= 11 is 0. The molecule has 0 atom stereocenters. The summed E-state index contributed by atoms with van der Waals surface area (Å²) in [5, 5.41) is 8.96. The van der Waals surface area contributed by atoms with Crippen LogP contribution in [0.15, 0.2) is 0 Å². The second-order valence-corrected chi connectivity index (χ2v) is 7.56. The van der Waals surface area contributed by atoms with E-state index in [4.69, 9.17) is 5.11 Å². The first kappa shape index (κ1) is 18.4. The number of hydrogen-bond acceptors (Lipinski definition) is 3. The zero-order valence-corrected chi connectivity index (χ0v) is 13.9. The van der Waals surface area contributed by atoms with Crippen LogP contribution < -0.4 is 4.72 Å². The molecule has 0 aromatic rings. The Morgan fingerprint density at radius 2 is 1.67 bits per heavy atom. The highest BCUT2D eigenvalue weighted by Crippen LogP contribution is 2.28. The summed E-state index contributed by atoms with van der Waals surface area (Å²) in [7, 11) is -3.41. The van der Waals surface area contributed by atoms with Gasteiger partial charge >= 0.3 is 5.97 Å². The Kier molecular flexibility index (Phi) is 7.62. The molecule has 0 aromatic carbocycles. The molecule has 1 rings (SSSR count). The van der Waals surface area contributed by atoms with Gasteiger partial charge < -0.3 is 5.11 Å². The minimum atomic E-state index is -3.41. The average Bonchev–Trinajstić information content (AvgIpc) is 2.45. The average molecular weight is 320 g/mol. The molecule has 0 saturated heterocycles. The number of nitrogens with zero attached hydrogens (tertiary/aromatic N) is 1. The summed E-state index contributed by atoms with van der Waals surface area (Å²) in [4.78, 5) is 10.9. The van der Waals surface area contributed by atoms with Gasteiger partial charge in [-0.3, -0.25) is 4.79 Å². The fourth-order valence-corrected chi connectivity index (χ4v) is 4.25. The molecule has 0 bridgehead atoms. The standard InChI is InChI=1S/C14H28N2O4S/c1-3-9-16(10-4-2)21(19,20)15-11-12-5-7-13(8-6-12)14(17)18/h12-13,15H,3-11H2,1-2H3,(H,17,18). The number of carbonyl (C=O) groups is 1. The van der Waals surface area contributed by atoms with E-state index in [1.807, 2.05) is 13.8 Å². The van der Waals surface area contributed by atoms with Gasteiger partial charge in [0.15, 0.2) is 0 Å². The summed E-state index contributed by atoms with van der Waals surface area (Å²) in [6, 6.07) is 0. The van der Waals surface area contributed by atoms with Crippen molar-refractivity contribution in [2.24, 2.45) is 11.8 Å². The molecule has 1 fully saturated rings. The van der Waals surface area contributed by atoms with Crippen LogP contribution in [0.1, 0.15) is 52.4 Å². The highest BCUT2D eigenvalue weighted by atomic mass is 32.2. The first-order valence-electron chi connectivity index (χ1n) is 7.88. The minimum absolute atomic E-state index is 0.250. The number of carboxylic acids is 1. The molecule has 0 amide bonds. The molecule has 2 N–H and O–H groups in total. The Morgan fingerprint density at radius 3 is 2.10 bits per heavy atom.